The fourth-order valence-electron chi connectivity index (χ4n) is 1.57. The van der Waals surface area contributed by atoms with Crippen LogP contribution in [0.3, 0.4) is 0 Å². The lowest BCUT2D eigenvalue weighted by molar-refractivity contribution is 0.266. The Hall–Kier alpha value is -0.880. The van der Waals surface area contributed by atoms with Gasteiger partial charge in [0, 0.05) is 19.7 Å². The van der Waals surface area contributed by atoms with E-state index in [1.807, 2.05) is 13.8 Å². The molecule has 102 valence electrons. The molecule has 1 rings (SSSR count). The molecule has 0 spiro atoms. The van der Waals surface area contributed by atoms with Gasteiger partial charge in [-0.1, -0.05) is 13.8 Å². The first-order valence-corrected chi connectivity index (χ1v) is 6.99. The summed E-state index contributed by atoms with van der Waals surface area (Å²) in [7, 11) is 0. The standard InChI is InChI=1S/C12H20BrN3O2/c1-3-5-16-12(18)11(13)10(8-15-16)14-7-9(2)4-6-17/h8-9,14,17H,3-7H2,1-2H3. The van der Waals surface area contributed by atoms with Crippen LogP contribution in [0.4, 0.5) is 5.69 Å². The Balaban J connectivity index is 2.73. The van der Waals surface area contributed by atoms with Crippen LogP contribution in [0.25, 0.3) is 0 Å². The molecule has 18 heavy (non-hydrogen) atoms. The van der Waals surface area contributed by atoms with E-state index in [9.17, 15) is 4.79 Å². The smallest absolute Gasteiger partial charge is 0.283 e. The Kier molecular flexibility index (Phi) is 6.35. The number of hydrogen-bond donors (Lipinski definition) is 2. The number of aliphatic hydroxyl groups is 1. The number of aryl methyl sites for hydroxylation is 1. The summed E-state index contributed by atoms with van der Waals surface area (Å²) in [6.45, 7) is 5.56. The molecule has 1 atom stereocenters. The summed E-state index contributed by atoms with van der Waals surface area (Å²) in [6.07, 6.45) is 3.28. The molecular formula is C12H20BrN3O2. The Morgan fingerprint density at radius 2 is 2.33 bits per heavy atom. The van der Waals surface area contributed by atoms with E-state index in [1.165, 1.54) is 4.68 Å². The van der Waals surface area contributed by atoms with E-state index in [0.717, 1.165) is 12.8 Å². The molecule has 0 radical (unpaired) electrons. The lowest BCUT2D eigenvalue weighted by Crippen LogP contribution is -2.25. The number of aromatic nitrogens is 2. The molecule has 0 saturated heterocycles. The largest absolute Gasteiger partial charge is 0.396 e. The average Bonchev–Trinajstić information content (AvgIpc) is 2.35. The molecule has 0 aromatic carbocycles. The van der Waals surface area contributed by atoms with Gasteiger partial charge in [-0.15, -0.1) is 0 Å². The van der Waals surface area contributed by atoms with Crippen molar-refractivity contribution in [3.63, 3.8) is 0 Å². The van der Waals surface area contributed by atoms with Crippen molar-refractivity contribution in [1.29, 1.82) is 0 Å². The van der Waals surface area contributed by atoms with Gasteiger partial charge < -0.3 is 10.4 Å². The van der Waals surface area contributed by atoms with Gasteiger partial charge in [-0.3, -0.25) is 4.79 Å². The van der Waals surface area contributed by atoms with Crippen molar-refractivity contribution in [1.82, 2.24) is 9.78 Å². The summed E-state index contributed by atoms with van der Waals surface area (Å²) >= 11 is 3.30. The van der Waals surface area contributed by atoms with Crippen LogP contribution in [0.2, 0.25) is 0 Å². The van der Waals surface area contributed by atoms with E-state index in [-0.39, 0.29) is 12.2 Å². The van der Waals surface area contributed by atoms with Crippen molar-refractivity contribution in [2.24, 2.45) is 5.92 Å². The third-order valence-corrected chi connectivity index (χ3v) is 3.45. The van der Waals surface area contributed by atoms with Gasteiger partial charge in [0.15, 0.2) is 0 Å². The first-order chi connectivity index (χ1) is 8.60. The maximum absolute atomic E-state index is 11.9. The minimum atomic E-state index is -0.114. The second kappa shape index (κ2) is 7.53. The molecule has 0 aliphatic rings. The second-order valence-corrected chi connectivity index (χ2v) is 5.19. The van der Waals surface area contributed by atoms with Crippen molar-refractivity contribution in [3.05, 3.63) is 21.0 Å². The zero-order valence-electron chi connectivity index (χ0n) is 10.8. The molecule has 6 heteroatoms. The van der Waals surface area contributed by atoms with Crippen LogP contribution in [-0.4, -0.2) is 28.0 Å². The van der Waals surface area contributed by atoms with E-state index in [0.29, 0.717) is 29.2 Å². The van der Waals surface area contributed by atoms with E-state index < -0.39 is 0 Å². The number of halogens is 1. The van der Waals surface area contributed by atoms with Crippen molar-refractivity contribution in [2.75, 3.05) is 18.5 Å². The average molecular weight is 318 g/mol. The summed E-state index contributed by atoms with van der Waals surface area (Å²) in [5.74, 6) is 0.347. The Morgan fingerprint density at radius 1 is 1.61 bits per heavy atom. The first kappa shape index (κ1) is 15.2. The zero-order valence-corrected chi connectivity index (χ0v) is 12.4. The van der Waals surface area contributed by atoms with Crippen LogP contribution in [0.1, 0.15) is 26.7 Å². The summed E-state index contributed by atoms with van der Waals surface area (Å²) in [4.78, 5) is 11.9. The predicted octanol–water partition coefficient (Wildman–Crippen LogP) is 1.85. The highest BCUT2D eigenvalue weighted by Gasteiger charge is 2.09. The van der Waals surface area contributed by atoms with Crippen molar-refractivity contribution < 1.29 is 5.11 Å². The number of anilines is 1. The van der Waals surface area contributed by atoms with Crippen LogP contribution < -0.4 is 10.9 Å². The lowest BCUT2D eigenvalue weighted by atomic mass is 10.1. The molecule has 1 aromatic heterocycles. The molecule has 0 bridgehead atoms. The number of aliphatic hydroxyl groups excluding tert-OH is 1. The summed E-state index contributed by atoms with van der Waals surface area (Å²) in [6, 6.07) is 0. The molecule has 0 aliphatic heterocycles. The van der Waals surface area contributed by atoms with Crippen molar-refractivity contribution in [3.8, 4) is 0 Å². The maximum atomic E-state index is 11.9. The molecule has 0 saturated carbocycles. The highest BCUT2D eigenvalue weighted by molar-refractivity contribution is 9.10. The maximum Gasteiger partial charge on any atom is 0.283 e. The van der Waals surface area contributed by atoms with E-state index >= 15 is 0 Å². The fraction of sp³-hybridized carbons (Fsp3) is 0.667. The van der Waals surface area contributed by atoms with E-state index in [1.54, 1.807) is 6.20 Å². The highest BCUT2D eigenvalue weighted by atomic mass is 79.9. The Labute approximate surface area is 115 Å². The van der Waals surface area contributed by atoms with Crippen LogP contribution >= 0.6 is 15.9 Å². The number of rotatable bonds is 7. The molecule has 5 nitrogen and oxygen atoms in total. The summed E-state index contributed by atoms with van der Waals surface area (Å²) in [5, 5.41) is 16.1. The van der Waals surface area contributed by atoms with Gasteiger partial charge in [0.1, 0.15) is 4.47 Å². The molecule has 1 heterocycles. The number of nitrogens with one attached hydrogen (secondary N) is 1. The van der Waals surface area contributed by atoms with Gasteiger partial charge in [-0.05, 0) is 34.7 Å². The molecule has 1 unspecified atom stereocenters. The molecule has 0 amide bonds. The quantitative estimate of drug-likeness (QED) is 0.805. The molecule has 1 aromatic rings. The van der Waals surface area contributed by atoms with E-state index in [4.69, 9.17) is 5.11 Å². The molecule has 0 aliphatic carbocycles. The van der Waals surface area contributed by atoms with Crippen molar-refractivity contribution in [2.45, 2.75) is 33.2 Å². The van der Waals surface area contributed by atoms with Gasteiger partial charge in [-0.2, -0.15) is 5.10 Å². The van der Waals surface area contributed by atoms with Crippen LogP contribution in [-0.2, 0) is 6.54 Å². The van der Waals surface area contributed by atoms with E-state index in [2.05, 4.69) is 26.3 Å². The monoisotopic (exact) mass is 317 g/mol. The lowest BCUT2D eigenvalue weighted by Gasteiger charge is -2.13. The zero-order chi connectivity index (χ0) is 13.5. The van der Waals surface area contributed by atoms with Crippen LogP contribution in [0.5, 0.6) is 0 Å². The highest BCUT2D eigenvalue weighted by Crippen LogP contribution is 2.17. The van der Waals surface area contributed by atoms with Gasteiger partial charge >= 0.3 is 0 Å². The SMILES string of the molecule is CCCn1ncc(NCC(C)CCO)c(Br)c1=O. The van der Waals surface area contributed by atoms with Gasteiger partial charge in [0.2, 0.25) is 0 Å². The molecular weight excluding hydrogens is 298 g/mol. The van der Waals surface area contributed by atoms with Crippen molar-refractivity contribution >= 4 is 21.6 Å². The minimum absolute atomic E-state index is 0.114. The summed E-state index contributed by atoms with van der Waals surface area (Å²) in [5.41, 5.74) is 0.591. The molecule has 0 fully saturated rings. The Morgan fingerprint density at radius 3 is 2.94 bits per heavy atom. The Bertz CT molecular complexity index is 434. The molecule has 2 N–H and O–H groups in total. The van der Waals surface area contributed by atoms with Gasteiger partial charge in [0.05, 0.1) is 11.9 Å². The van der Waals surface area contributed by atoms with Gasteiger partial charge in [0.25, 0.3) is 5.56 Å². The minimum Gasteiger partial charge on any atom is -0.396 e. The topological polar surface area (TPSA) is 67.2 Å². The fourth-order valence-corrected chi connectivity index (χ4v) is 2.01. The van der Waals surface area contributed by atoms with Gasteiger partial charge in [-0.25, -0.2) is 4.68 Å². The summed E-state index contributed by atoms with van der Waals surface area (Å²) < 4.78 is 1.97. The second-order valence-electron chi connectivity index (χ2n) is 4.40. The third kappa shape index (κ3) is 4.10. The number of nitrogens with zero attached hydrogens (tertiary/aromatic N) is 2. The normalized spacial score (nSPS) is 12.4. The first-order valence-electron chi connectivity index (χ1n) is 6.20. The number of hydrogen-bond acceptors (Lipinski definition) is 4. The van der Waals surface area contributed by atoms with Crippen LogP contribution in [0, 0.1) is 5.92 Å². The van der Waals surface area contributed by atoms with Crippen LogP contribution in [0.15, 0.2) is 15.5 Å². The third-order valence-electron chi connectivity index (χ3n) is 2.68. The predicted molar refractivity (Wildman–Crippen MR) is 75.8 cm³/mol.